The number of nitrogens with zero attached hydrogens (tertiary/aromatic N) is 3. The van der Waals surface area contributed by atoms with E-state index >= 15 is 0 Å². The van der Waals surface area contributed by atoms with Crippen LogP contribution in [0.2, 0.25) is 0 Å². The number of hydrogen-bond acceptors (Lipinski definition) is 7. The molecule has 0 radical (unpaired) electrons. The Morgan fingerprint density at radius 2 is 1.88 bits per heavy atom. The van der Waals surface area contributed by atoms with Crippen molar-refractivity contribution < 1.29 is 19.3 Å². The van der Waals surface area contributed by atoms with Gasteiger partial charge in [-0.1, -0.05) is 30.3 Å². The normalized spacial score (nSPS) is 12.0. The quantitative estimate of drug-likeness (QED) is 0.308. The van der Waals surface area contributed by atoms with Crippen LogP contribution in [0.4, 0.5) is 0 Å². The molecule has 1 heterocycles. The molecular weight excluding hydrogens is 438 g/mol. The van der Waals surface area contributed by atoms with Crippen LogP contribution in [0, 0.1) is 0 Å². The number of rotatable bonds is 8. The zero-order valence-corrected chi connectivity index (χ0v) is 19.5. The molecular formula is C25H25N3O4S. The molecule has 4 rings (SSSR count). The van der Waals surface area contributed by atoms with Crippen LogP contribution in [0.25, 0.3) is 22.0 Å². The highest BCUT2D eigenvalue weighted by Gasteiger charge is 2.14. The molecule has 0 atom stereocenters. The lowest BCUT2D eigenvalue weighted by atomic mass is 10.0. The van der Waals surface area contributed by atoms with E-state index in [-0.39, 0.29) is 5.75 Å². The molecule has 0 aliphatic heterocycles. The molecule has 0 saturated carbocycles. The van der Waals surface area contributed by atoms with Gasteiger partial charge in [-0.05, 0) is 35.0 Å². The van der Waals surface area contributed by atoms with E-state index in [4.69, 9.17) is 19.3 Å². The summed E-state index contributed by atoms with van der Waals surface area (Å²) in [7, 11) is 4.90. The van der Waals surface area contributed by atoms with Gasteiger partial charge in [0.25, 0.3) is 0 Å². The van der Waals surface area contributed by atoms with Crippen molar-refractivity contribution in [1.29, 1.82) is 0 Å². The number of aromatic nitrogens is 1. The number of benzene rings is 3. The Bertz CT molecular complexity index is 1360. The zero-order chi connectivity index (χ0) is 23.2. The molecule has 0 fully saturated rings. The van der Waals surface area contributed by atoms with E-state index in [0.717, 1.165) is 22.0 Å². The lowest BCUT2D eigenvalue weighted by Gasteiger charge is -2.11. The maximum absolute atomic E-state index is 10.5. The zero-order valence-electron chi connectivity index (χ0n) is 18.7. The van der Waals surface area contributed by atoms with Crippen molar-refractivity contribution in [2.24, 2.45) is 10.1 Å². The van der Waals surface area contributed by atoms with Crippen LogP contribution in [0.15, 0.2) is 70.1 Å². The van der Waals surface area contributed by atoms with Gasteiger partial charge in [0.1, 0.15) is 17.2 Å². The molecule has 170 valence electrons. The molecule has 1 N–H and O–H groups in total. The van der Waals surface area contributed by atoms with Crippen molar-refractivity contribution in [1.82, 2.24) is 4.68 Å². The summed E-state index contributed by atoms with van der Waals surface area (Å²) in [5, 5.41) is 19.2. The van der Waals surface area contributed by atoms with E-state index in [2.05, 4.69) is 4.99 Å². The van der Waals surface area contributed by atoms with Gasteiger partial charge in [0.05, 0.1) is 39.3 Å². The van der Waals surface area contributed by atoms with Crippen molar-refractivity contribution in [2.75, 3.05) is 34.5 Å². The number of methoxy groups -OCH3 is 3. The standard InChI is InChI=1S/C25H25N3O4S/c1-30-13-12-26-25-28(22(16-33-25)20-14-18(31-2)9-11-24(20)32-3)27-15-21-19-7-5-4-6-17(19)8-10-23(21)29/h4-11,14-16,29H,12-13H2,1-3H3. The van der Waals surface area contributed by atoms with Crippen LogP contribution in [0.5, 0.6) is 17.2 Å². The van der Waals surface area contributed by atoms with Gasteiger partial charge < -0.3 is 19.3 Å². The van der Waals surface area contributed by atoms with Crippen LogP contribution in [-0.2, 0) is 4.74 Å². The first kappa shape index (κ1) is 22.6. The third kappa shape index (κ3) is 4.76. The van der Waals surface area contributed by atoms with Gasteiger partial charge in [-0.15, -0.1) is 11.3 Å². The van der Waals surface area contributed by atoms with Gasteiger partial charge >= 0.3 is 0 Å². The highest BCUT2D eigenvalue weighted by Crippen LogP contribution is 2.34. The summed E-state index contributed by atoms with van der Waals surface area (Å²) in [5.74, 6) is 1.55. The molecule has 33 heavy (non-hydrogen) atoms. The number of aromatic hydroxyl groups is 1. The largest absolute Gasteiger partial charge is 0.507 e. The molecule has 0 aliphatic carbocycles. The predicted molar refractivity (Wildman–Crippen MR) is 132 cm³/mol. The van der Waals surface area contributed by atoms with Gasteiger partial charge in [-0.3, -0.25) is 4.99 Å². The molecule has 4 aromatic rings. The van der Waals surface area contributed by atoms with Crippen molar-refractivity contribution >= 4 is 28.3 Å². The fourth-order valence-corrected chi connectivity index (χ4v) is 4.34. The van der Waals surface area contributed by atoms with Gasteiger partial charge in [-0.2, -0.15) is 5.10 Å². The van der Waals surface area contributed by atoms with Crippen LogP contribution in [0.1, 0.15) is 5.56 Å². The van der Waals surface area contributed by atoms with Crippen molar-refractivity contribution in [3.63, 3.8) is 0 Å². The molecule has 8 heteroatoms. The first-order valence-corrected chi connectivity index (χ1v) is 11.2. The second-order valence-corrected chi connectivity index (χ2v) is 7.96. The highest BCUT2D eigenvalue weighted by atomic mass is 32.1. The number of hydrogen-bond donors (Lipinski definition) is 1. The summed E-state index contributed by atoms with van der Waals surface area (Å²) in [5.41, 5.74) is 2.25. The predicted octanol–water partition coefficient (Wildman–Crippen LogP) is 4.52. The van der Waals surface area contributed by atoms with Crippen molar-refractivity contribution in [2.45, 2.75) is 0 Å². The summed E-state index contributed by atoms with van der Waals surface area (Å²) in [6.07, 6.45) is 1.66. The first-order valence-electron chi connectivity index (χ1n) is 10.3. The van der Waals surface area contributed by atoms with Crippen molar-refractivity contribution in [3.8, 4) is 28.5 Å². The van der Waals surface area contributed by atoms with Crippen LogP contribution in [0.3, 0.4) is 0 Å². The Kier molecular flexibility index (Phi) is 7.07. The van der Waals surface area contributed by atoms with Gasteiger partial charge in [0.2, 0.25) is 4.80 Å². The van der Waals surface area contributed by atoms with E-state index < -0.39 is 0 Å². The monoisotopic (exact) mass is 463 g/mol. The van der Waals surface area contributed by atoms with Crippen LogP contribution < -0.4 is 14.3 Å². The molecule has 1 aromatic heterocycles. The Morgan fingerprint density at radius 3 is 2.67 bits per heavy atom. The molecule has 0 aliphatic rings. The van der Waals surface area contributed by atoms with E-state index in [9.17, 15) is 5.11 Å². The van der Waals surface area contributed by atoms with Crippen molar-refractivity contribution in [3.05, 3.63) is 70.3 Å². The SMILES string of the molecule is COCCN=c1scc(-c2cc(OC)ccc2OC)n1N=Cc1c(O)ccc2ccccc12. The Hall–Kier alpha value is -3.62. The first-order chi connectivity index (χ1) is 16.2. The molecule has 3 aromatic carbocycles. The highest BCUT2D eigenvalue weighted by molar-refractivity contribution is 7.07. The maximum Gasteiger partial charge on any atom is 0.206 e. The summed E-state index contributed by atoms with van der Waals surface area (Å²) in [6, 6.07) is 17.0. The molecule has 0 bridgehead atoms. The molecule has 7 nitrogen and oxygen atoms in total. The maximum atomic E-state index is 10.5. The smallest absolute Gasteiger partial charge is 0.206 e. The number of thiazole rings is 1. The molecule has 0 saturated heterocycles. The molecule has 0 amide bonds. The topological polar surface area (TPSA) is 77.6 Å². The second kappa shape index (κ2) is 10.3. The van der Waals surface area contributed by atoms with Crippen LogP contribution in [-0.4, -0.2) is 50.5 Å². The Morgan fingerprint density at radius 1 is 1.03 bits per heavy atom. The fraction of sp³-hybridized carbons (Fsp3) is 0.200. The van der Waals surface area contributed by atoms with E-state index in [1.165, 1.54) is 11.3 Å². The summed E-state index contributed by atoms with van der Waals surface area (Å²) in [4.78, 5) is 5.34. The number of phenolic OH excluding ortho intramolecular Hbond substituents is 1. The molecule has 0 unspecified atom stereocenters. The molecule has 0 spiro atoms. The van der Waals surface area contributed by atoms with Gasteiger partial charge in [-0.25, -0.2) is 4.68 Å². The van der Waals surface area contributed by atoms with Crippen LogP contribution >= 0.6 is 11.3 Å². The minimum atomic E-state index is 0.159. The summed E-state index contributed by atoms with van der Waals surface area (Å²) < 4.78 is 17.9. The summed E-state index contributed by atoms with van der Waals surface area (Å²) in [6.45, 7) is 1.00. The average Bonchev–Trinajstić information content (AvgIpc) is 3.25. The summed E-state index contributed by atoms with van der Waals surface area (Å²) >= 11 is 1.47. The van der Waals surface area contributed by atoms with Gasteiger partial charge in [0, 0.05) is 23.6 Å². The lowest BCUT2D eigenvalue weighted by molar-refractivity contribution is 0.207. The minimum absolute atomic E-state index is 0.159. The lowest BCUT2D eigenvalue weighted by Crippen LogP contribution is -2.14. The number of fused-ring (bicyclic) bond motifs is 1. The minimum Gasteiger partial charge on any atom is -0.507 e. The second-order valence-electron chi connectivity index (χ2n) is 7.12. The average molecular weight is 464 g/mol. The third-order valence-corrected chi connectivity index (χ3v) is 6.01. The van der Waals surface area contributed by atoms with Gasteiger partial charge in [0.15, 0.2) is 0 Å². The Balaban J connectivity index is 1.89. The van der Waals surface area contributed by atoms with E-state index in [0.29, 0.717) is 35.0 Å². The van der Waals surface area contributed by atoms with E-state index in [1.54, 1.807) is 38.3 Å². The Labute approximate surface area is 195 Å². The third-order valence-electron chi connectivity index (χ3n) is 5.16. The van der Waals surface area contributed by atoms with E-state index in [1.807, 2.05) is 53.9 Å². The fourth-order valence-electron chi connectivity index (χ4n) is 3.49. The number of ether oxygens (including phenoxy) is 3. The number of phenols is 1.